The average Bonchev–Trinajstić information content (AvgIpc) is 2.87. The molecule has 8 heteroatoms. The van der Waals surface area contributed by atoms with Gasteiger partial charge < -0.3 is 9.47 Å². The Balaban J connectivity index is 1.58. The molecule has 174 valence electrons. The van der Waals surface area contributed by atoms with Gasteiger partial charge in [-0.25, -0.2) is 0 Å². The van der Waals surface area contributed by atoms with E-state index >= 15 is 0 Å². The first kappa shape index (κ1) is 24.5. The standard InChI is InChI=1S/C26H25N3O4S/c1-32-21-15-13-18(17-22(21)33-2)14-16-23(30)27-26(34)29-28-25(31)24(19-9-5-3-6-10-19)20-11-7-4-8-12-20/h3-17,24H,1-2H3,(H,28,31)(H2,27,29,30,34). The van der Waals surface area contributed by atoms with Crippen LogP contribution in [0.1, 0.15) is 22.6 Å². The van der Waals surface area contributed by atoms with E-state index in [1.54, 1.807) is 31.4 Å². The summed E-state index contributed by atoms with van der Waals surface area (Å²) in [7, 11) is 3.09. The van der Waals surface area contributed by atoms with E-state index in [2.05, 4.69) is 16.2 Å². The highest BCUT2D eigenvalue weighted by Gasteiger charge is 2.22. The number of ether oxygens (including phenoxy) is 2. The summed E-state index contributed by atoms with van der Waals surface area (Å²) in [4.78, 5) is 25.2. The predicted octanol–water partition coefficient (Wildman–Crippen LogP) is 3.57. The predicted molar refractivity (Wildman–Crippen MR) is 135 cm³/mol. The molecule has 0 aliphatic carbocycles. The Morgan fingerprint density at radius 1 is 0.824 bits per heavy atom. The fourth-order valence-corrected chi connectivity index (χ4v) is 3.44. The van der Waals surface area contributed by atoms with Crippen molar-refractivity contribution in [3.63, 3.8) is 0 Å². The number of methoxy groups -OCH3 is 2. The molecule has 0 spiro atoms. The Hall–Kier alpha value is -4.17. The second-order valence-electron chi connectivity index (χ2n) is 7.13. The van der Waals surface area contributed by atoms with Crippen molar-refractivity contribution in [2.75, 3.05) is 14.2 Å². The lowest BCUT2D eigenvalue weighted by molar-refractivity contribution is -0.122. The maximum Gasteiger partial charge on any atom is 0.250 e. The number of rotatable bonds is 7. The topological polar surface area (TPSA) is 88.7 Å². The molecule has 0 saturated carbocycles. The van der Waals surface area contributed by atoms with Crippen molar-refractivity contribution >= 4 is 35.2 Å². The summed E-state index contributed by atoms with van der Waals surface area (Å²) in [6.45, 7) is 0. The first-order valence-electron chi connectivity index (χ1n) is 10.4. The van der Waals surface area contributed by atoms with Gasteiger partial charge in [-0.3, -0.25) is 25.8 Å². The van der Waals surface area contributed by atoms with E-state index in [1.807, 2.05) is 60.7 Å². The van der Waals surface area contributed by atoms with Gasteiger partial charge >= 0.3 is 0 Å². The van der Waals surface area contributed by atoms with Crippen molar-refractivity contribution in [2.24, 2.45) is 0 Å². The fraction of sp³-hybridized carbons (Fsp3) is 0.115. The molecule has 3 aromatic rings. The van der Waals surface area contributed by atoms with E-state index in [-0.39, 0.29) is 11.0 Å². The zero-order chi connectivity index (χ0) is 24.3. The Bertz CT molecular complexity index is 1130. The van der Waals surface area contributed by atoms with E-state index < -0.39 is 11.8 Å². The Morgan fingerprint density at radius 3 is 1.97 bits per heavy atom. The molecular formula is C26H25N3O4S. The molecule has 7 nitrogen and oxygen atoms in total. The van der Waals surface area contributed by atoms with Gasteiger partial charge in [0.15, 0.2) is 16.6 Å². The molecule has 0 saturated heterocycles. The number of hydrogen-bond acceptors (Lipinski definition) is 5. The van der Waals surface area contributed by atoms with Crippen LogP contribution in [-0.4, -0.2) is 31.1 Å². The number of amides is 2. The van der Waals surface area contributed by atoms with E-state index in [1.165, 1.54) is 13.2 Å². The quantitative estimate of drug-likeness (QED) is 0.275. The molecule has 0 unspecified atom stereocenters. The molecule has 0 fully saturated rings. The lowest BCUT2D eigenvalue weighted by atomic mass is 9.91. The molecule has 0 aliphatic heterocycles. The van der Waals surface area contributed by atoms with Crippen molar-refractivity contribution in [1.82, 2.24) is 16.2 Å². The maximum atomic E-state index is 13.0. The minimum absolute atomic E-state index is 0.0322. The SMILES string of the molecule is COc1ccc(C=CC(=O)NC(=S)NNC(=O)C(c2ccccc2)c2ccccc2)cc1OC. The van der Waals surface area contributed by atoms with E-state index in [0.29, 0.717) is 11.5 Å². The first-order valence-corrected chi connectivity index (χ1v) is 10.8. The van der Waals surface area contributed by atoms with Gasteiger partial charge in [-0.05, 0) is 47.1 Å². The van der Waals surface area contributed by atoms with Gasteiger partial charge in [-0.1, -0.05) is 66.7 Å². The normalized spacial score (nSPS) is 10.6. The number of nitrogens with one attached hydrogen (secondary N) is 3. The van der Waals surface area contributed by atoms with E-state index in [9.17, 15) is 9.59 Å². The highest BCUT2D eigenvalue weighted by molar-refractivity contribution is 7.80. The van der Waals surface area contributed by atoms with Crippen molar-refractivity contribution in [1.29, 1.82) is 0 Å². The Kier molecular flexibility index (Phi) is 8.76. The minimum Gasteiger partial charge on any atom is -0.493 e. The zero-order valence-corrected chi connectivity index (χ0v) is 19.6. The van der Waals surface area contributed by atoms with Crippen LogP contribution in [0.2, 0.25) is 0 Å². The van der Waals surface area contributed by atoms with Gasteiger partial charge in [0, 0.05) is 6.08 Å². The molecule has 3 N–H and O–H groups in total. The number of carbonyl (C=O) groups excluding carboxylic acids is 2. The number of benzene rings is 3. The first-order chi connectivity index (χ1) is 16.5. The van der Waals surface area contributed by atoms with Crippen LogP contribution >= 0.6 is 12.2 Å². The molecule has 0 bridgehead atoms. The second kappa shape index (κ2) is 12.2. The molecule has 3 rings (SSSR count). The molecule has 0 atom stereocenters. The van der Waals surface area contributed by atoms with Crippen LogP contribution < -0.4 is 25.6 Å². The molecule has 0 heterocycles. The third kappa shape index (κ3) is 6.66. The summed E-state index contributed by atoms with van der Waals surface area (Å²) >= 11 is 5.14. The van der Waals surface area contributed by atoms with Crippen LogP contribution in [-0.2, 0) is 9.59 Å². The summed E-state index contributed by atoms with van der Waals surface area (Å²) in [5.74, 6) is -0.164. The highest BCUT2D eigenvalue weighted by Crippen LogP contribution is 2.28. The van der Waals surface area contributed by atoms with Crippen molar-refractivity contribution < 1.29 is 19.1 Å². The average molecular weight is 476 g/mol. The molecule has 0 aromatic heterocycles. The molecular weight excluding hydrogens is 450 g/mol. The monoisotopic (exact) mass is 475 g/mol. The summed E-state index contributed by atoms with van der Waals surface area (Å²) in [6, 6.07) is 24.1. The van der Waals surface area contributed by atoms with Crippen molar-refractivity contribution in [2.45, 2.75) is 5.92 Å². The number of thiocarbonyl (C=S) groups is 1. The summed E-state index contributed by atoms with van der Waals surface area (Å²) < 4.78 is 10.5. The van der Waals surface area contributed by atoms with E-state index in [4.69, 9.17) is 21.7 Å². The number of hydrazine groups is 1. The second-order valence-corrected chi connectivity index (χ2v) is 7.54. The third-order valence-corrected chi connectivity index (χ3v) is 5.10. The van der Waals surface area contributed by atoms with Gasteiger partial charge in [0.05, 0.1) is 20.1 Å². The third-order valence-electron chi connectivity index (χ3n) is 4.90. The van der Waals surface area contributed by atoms with Gasteiger partial charge in [-0.2, -0.15) is 0 Å². The van der Waals surface area contributed by atoms with Crippen LogP contribution in [0.5, 0.6) is 11.5 Å². The highest BCUT2D eigenvalue weighted by atomic mass is 32.1. The number of carbonyl (C=O) groups is 2. The smallest absolute Gasteiger partial charge is 0.250 e. The van der Waals surface area contributed by atoms with Crippen LogP contribution in [0.3, 0.4) is 0 Å². The fourth-order valence-electron chi connectivity index (χ4n) is 3.29. The minimum atomic E-state index is -0.543. The van der Waals surface area contributed by atoms with Gasteiger partial charge in [0.25, 0.3) is 0 Å². The van der Waals surface area contributed by atoms with Gasteiger partial charge in [0.2, 0.25) is 11.8 Å². The van der Waals surface area contributed by atoms with Crippen molar-refractivity contribution in [3.8, 4) is 11.5 Å². The van der Waals surface area contributed by atoms with Crippen LogP contribution in [0.25, 0.3) is 6.08 Å². The largest absolute Gasteiger partial charge is 0.493 e. The Morgan fingerprint density at radius 2 is 1.41 bits per heavy atom. The Labute approximate surface area is 203 Å². The lowest BCUT2D eigenvalue weighted by Crippen LogP contribution is -2.49. The van der Waals surface area contributed by atoms with Crippen molar-refractivity contribution in [3.05, 3.63) is 102 Å². The van der Waals surface area contributed by atoms with Gasteiger partial charge in [0.1, 0.15) is 0 Å². The van der Waals surface area contributed by atoms with Crippen LogP contribution in [0, 0.1) is 0 Å². The summed E-state index contributed by atoms with van der Waals surface area (Å²) in [6.07, 6.45) is 2.94. The van der Waals surface area contributed by atoms with Gasteiger partial charge in [-0.15, -0.1) is 0 Å². The van der Waals surface area contributed by atoms with E-state index in [0.717, 1.165) is 16.7 Å². The lowest BCUT2D eigenvalue weighted by Gasteiger charge is -2.18. The molecule has 34 heavy (non-hydrogen) atoms. The van der Waals surface area contributed by atoms with Crippen LogP contribution in [0.4, 0.5) is 0 Å². The number of hydrogen-bond donors (Lipinski definition) is 3. The molecule has 0 radical (unpaired) electrons. The molecule has 3 aromatic carbocycles. The summed E-state index contributed by atoms with van der Waals surface area (Å²) in [5.41, 5.74) is 7.59. The maximum absolute atomic E-state index is 13.0. The van der Waals surface area contributed by atoms with Crippen LogP contribution in [0.15, 0.2) is 84.9 Å². The zero-order valence-electron chi connectivity index (χ0n) is 18.8. The summed E-state index contributed by atoms with van der Waals surface area (Å²) in [5, 5.41) is 2.47. The molecule has 0 aliphatic rings. The molecule has 2 amide bonds.